The van der Waals surface area contributed by atoms with E-state index in [1.54, 1.807) is 17.3 Å². The number of carbonyl (C=O) groups is 1. The summed E-state index contributed by atoms with van der Waals surface area (Å²) in [7, 11) is 0. The lowest BCUT2D eigenvalue weighted by Crippen LogP contribution is -2.30. The number of hydrogen-bond donors (Lipinski definition) is 0. The van der Waals surface area contributed by atoms with Crippen molar-refractivity contribution in [1.82, 2.24) is 9.97 Å². The fourth-order valence-corrected chi connectivity index (χ4v) is 4.12. The highest BCUT2D eigenvalue weighted by molar-refractivity contribution is 7.22. The molecule has 0 saturated carbocycles. The minimum atomic E-state index is -0.0731. The van der Waals surface area contributed by atoms with Gasteiger partial charge in [-0.2, -0.15) is 0 Å². The molecule has 6 heteroatoms. The van der Waals surface area contributed by atoms with Gasteiger partial charge in [0, 0.05) is 18.0 Å². The van der Waals surface area contributed by atoms with Gasteiger partial charge < -0.3 is 4.74 Å². The number of nitrogens with zero attached hydrogens (tertiary/aromatic N) is 3. The van der Waals surface area contributed by atoms with E-state index in [2.05, 4.69) is 4.98 Å². The Balaban J connectivity index is 1.76. The molecule has 0 aliphatic rings. The summed E-state index contributed by atoms with van der Waals surface area (Å²) in [5, 5.41) is 0.658. The second-order valence-corrected chi connectivity index (χ2v) is 7.64. The molecule has 0 radical (unpaired) electrons. The first kappa shape index (κ1) is 19.1. The number of pyridine rings is 1. The molecule has 2 aromatic heterocycles. The number of ether oxygens (including phenoxy) is 1. The van der Waals surface area contributed by atoms with Gasteiger partial charge in [0.25, 0.3) is 5.91 Å². The van der Waals surface area contributed by atoms with E-state index < -0.39 is 0 Å². The Morgan fingerprint density at radius 2 is 2.00 bits per heavy atom. The Bertz CT molecular complexity index is 1140. The van der Waals surface area contributed by atoms with Crippen molar-refractivity contribution in [3.63, 3.8) is 0 Å². The van der Waals surface area contributed by atoms with Crippen molar-refractivity contribution < 1.29 is 9.53 Å². The van der Waals surface area contributed by atoms with Crippen molar-refractivity contribution in [2.24, 2.45) is 0 Å². The summed E-state index contributed by atoms with van der Waals surface area (Å²) in [6.45, 7) is 4.91. The highest BCUT2D eigenvalue weighted by Crippen LogP contribution is 2.33. The molecule has 0 aliphatic heterocycles. The minimum absolute atomic E-state index is 0.0731. The summed E-state index contributed by atoms with van der Waals surface area (Å²) in [4.78, 5) is 24.1. The third-order valence-corrected chi connectivity index (χ3v) is 5.62. The average Bonchev–Trinajstić information content (AvgIpc) is 3.16. The monoisotopic (exact) mass is 403 g/mol. The first-order chi connectivity index (χ1) is 14.2. The van der Waals surface area contributed by atoms with Crippen molar-refractivity contribution in [3.8, 4) is 5.75 Å². The maximum Gasteiger partial charge on any atom is 0.260 e. The Morgan fingerprint density at radius 1 is 1.14 bits per heavy atom. The quantitative estimate of drug-likeness (QED) is 0.441. The van der Waals surface area contributed by atoms with E-state index in [9.17, 15) is 4.79 Å². The number of benzene rings is 2. The molecule has 0 saturated heterocycles. The second-order valence-electron chi connectivity index (χ2n) is 6.63. The number of aryl methyl sites for hydroxylation is 1. The van der Waals surface area contributed by atoms with Gasteiger partial charge in [-0.1, -0.05) is 35.6 Å². The van der Waals surface area contributed by atoms with E-state index in [1.165, 1.54) is 11.3 Å². The summed E-state index contributed by atoms with van der Waals surface area (Å²) in [6.07, 6.45) is 3.50. The number of thiazole rings is 1. The summed E-state index contributed by atoms with van der Waals surface area (Å²) in [6, 6.07) is 17.3. The van der Waals surface area contributed by atoms with Crippen LogP contribution < -0.4 is 9.64 Å². The molecular weight excluding hydrogens is 382 g/mol. The zero-order valence-electron chi connectivity index (χ0n) is 16.3. The molecule has 29 heavy (non-hydrogen) atoms. The van der Waals surface area contributed by atoms with Crippen LogP contribution in [0.15, 0.2) is 67.0 Å². The topological polar surface area (TPSA) is 55.3 Å². The standard InChI is InChI=1S/C23H21N3O2S/c1-3-28-18-10-11-20-21(13-18)29-23(25-20)26(15-17-8-6-12-24-14-17)22(27)19-9-5-4-7-16(19)2/h4-14H,3,15H2,1-2H3. The molecular formula is C23H21N3O2S. The number of fused-ring (bicyclic) bond motifs is 1. The SMILES string of the molecule is CCOc1ccc2nc(N(Cc3cccnc3)C(=O)c3ccccc3C)sc2c1. The molecule has 0 aliphatic carbocycles. The van der Waals surface area contributed by atoms with Crippen LogP contribution in [-0.2, 0) is 6.54 Å². The zero-order chi connectivity index (χ0) is 20.2. The van der Waals surface area contributed by atoms with Gasteiger partial charge >= 0.3 is 0 Å². The molecule has 0 spiro atoms. The molecule has 1 amide bonds. The Labute approximate surface area is 173 Å². The third kappa shape index (κ3) is 4.12. The molecule has 0 atom stereocenters. The van der Waals surface area contributed by atoms with Crippen LogP contribution in [0.1, 0.15) is 28.4 Å². The Kier molecular flexibility index (Phi) is 5.53. The van der Waals surface area contributed by atoms with Crippen LogP contribution in [0.25, 0.3) is 10.2 Å². The molecule has 0 unspecified atom stereocenters. The van der Waals surface area contributed by atoms with E-state index >= 15 is 0 Å². The molecule has 4 rings (SSSR count). The van der Waals surface area contributed by atoms with E-state index in [-0.39, 0.29) is 5.91 Å². The molecule has 2 heterocycles. The van der Waals surface area contributed by atoms with Crippen molar-refractivity contribution in [2.45, 2.75) is 20.4 Å². The van der Waals surface area contributed by atoms with Crippen molar-refractivity contribution in [1.29, 1.82) is 0 Å². The van der Waals surface area contributed by atoms with Crippen LogP contribution >= 0.6 is 11.3 Å². The van der Waals surface area contributed by atoms with E-state index in [4.69, 9.17) is 9.72 Å². The fourth-order valence-electron chi connectivity index (χ4n) is 3.12. The van der Waals surface area contributed by atoms with Crippen molar-refractivity contribution in [2.75, 3.05) is 11.5 Å². The molecule has 2 aromatic carbocycles. The number of carbonyl (C=O) groups excluding carboxylic acids is 1. The summed E-state index contributed by atoms with van der Waals surface area (Å²) in [5.41, 5.74) is 3.41. The summed E-state index contributed by atoms with van der Waals surface area (Å²) < 4.78 is 6.59. The van der Waals surface area contributed by atoms with Gasteiger partial charge in [-0.05, 0) is 55.3 Å². The Morgan fingerprint density at radius 3 is 2.76 bits per heavy atom. The van der Waals surface area contributed by atoms with Crippen molar-refractivity contribution in [3.05, 3.63) is 83.7 Å². The molecule has 5 nitrogen and oxygen atoms in total. The van der Waals surface area contributed by atoms with E-state index in [1.807, 2.05) is 68.4 Å². The fraction of sp³-hybridized carbons (Fsp3) is 0.174. The zero-order valence-corrected chi connectivity index (χ0v) is 17.1. The third-order valence-electron chi connectivity index (χ3n) is 4.57. The predicted octanol–water partition coefficient (Wildman–Crippen LogP) is 5.25. The molecule has 146 valence electrons. The van der Waals surface area contributed by atoms with Gasteiger partial charge in [0.05, 0.1) is 23.4 Å². The molecule has 0 fully saturated rings. The van der Waals surface area contributed by atoms with Gasteiger partial charge in [0.2, 0.25) is 0 Å². The molecule has 0 N–H and O–H groups in total. The number of hydrogen-bond acceptors (Lipinski definition) is 5. The second kappa shape index (κ2) is 8.41. The van der Waals surface area contributed by atoms with Gasteiger partial charge in [-0.3, -0.25) is 14.7 Å². The van der Waals surface area contributed by atoms with Crippen LogP contribution in [0, 0.1) is 6.92 Å². The Hall–Kier alpha value is -3.25. The van der Waals surface area contributed by atoms with Crippen LogP contribution in [0.4, 0.5) is 5.13 Å². The first-order valence-electron chi connectivity index (χ1n) is 9.45. The lowest BCUT2D eigenvalue weighted by atomic mass is 10.1. The van der Waals surface area contributed by atoms with Gasteiger partial charge in [0.1, 0.15) is 5.75 Å². The highest BCUT2D eigenvalue weighted by atomic mass is 32.1. The smallest absolute Gasteiger partial charge is 0.260 e. The summed E-state index contributed by atoms with van der Waals surface area (Å²) >= 11 is 1.49. The number of rotatable bonds is 6. The minimum Gasteiger partial charge on any atom is -0.494 e. The van der Waals surface area contributed by atoms with Gasteiger partial charge in [0.15, 0.2) is 5.13 Å². The van der Waals surface area contributed by atoms with Gasteiger partial charge in [-0.15, -0.1) is 0 Å². The van der Waals surface area contributed by atoms with Crippen LogP contribution in [-0.4, -0.2) is 22.5 Å². The number of anilines is 1. The van der Waals surface area contributed by atoms with Crippen LogP contribution in [0.3, 0.4) is 0 Å². The maximum atomic E-state index is 13.5. The summed E-state index contributed by atoms with van der Waals surface area (Å²) in [5.74, 6) is 0.732. The normalized spacial score (nSPS) is 10.8. The van der Waals surface area contributed by atoms with E-state index in [0.29, 0.717) is 23.8 Å². The van der Waals surface area contributed by atoms with Crippen LogP contribution in [0.5, 0.6) is 5.75 Å². The van der Waals surface area contributed by atoms with Gasteiger partial charge in [-0.25, -0.2) is 4.98 Å². The predicted molar refractivity (Wildman–Crippen MR) is 117 cm³/mol. The molecule has 0 bridgehead atoms. The number of aromatic nitrogens is 2. The van der Waals surface area contributed by atoms with E-state index in [0.717, 1.165) is 27.1 Å². The van der Waals surface area contributed by atoms with Crippen molar-refractivity contribution >= 4 is 32.6 Å². The lowest BCUT2D eigenvalue weighted by Gasteiger charge is -2.21. The lowest BCUT2D eigenvalue weighted by molar-refractivity contribution is 0.0984. The van der Waals surface area contributed by atoms with Crippen LogP contribution in [0.2, 0.25) is 0 Å². The number of amides is 1. The maximum absolute atomic E-state index is 13.5. The molecule has 4 aromatic rings. The average molecular weight is 404 g/mol. The first-order valence-corrected chi connectivity index (χ1v) is 10.3. The largest absolute Gasteiger partial charge is 0.494 e. The highest BCUT2D eigenvalue weighted by Gasteiger charge is 2.23.